The van der Waals surface area contributed by atoms with Gasteiger partial charge in [0.1, 0.15) is 11.6 Å². The summed E-state index contributed by atoms with van der Waals surface area (Å²) in [6.45, 7) is 0. The van der Waals surface area contributed by atoms with Crippen LogP contribution in [0.4, 0.5) is 14.5 Å². The molecule has 3 rings (SSSR count). The van der Waals surface area contributed by atoms with Gasteiger partial charge in [0.05, 0.1) is 4.92 Å². The maximum Gasteiger partial charge on any atom is 0.311 e. The summed E-state index contributed by atoms with van der Waals surface area (Å²) >= 11 is 0. The minimum absolute atomic E-state index is 0.0953. The Hall–Kier alpha value is -3.69. The molecule has 1 aromatic heterocycles. The molecule has 0 fully saturated rings. The number of halogens is 2. The summed E-state index contributed by atoms with van der Waals surface area (Å²) in [4.78, 5) is 26.2. The highest BCUT2D eigenvalue weighted by molar-refractivity contribution is 5.73. The van der Waals surface area contributed by atoms with Gasteiger partial charge < -0.3 is 9.26 Å². The fourth-order valence-electron chi connectivity index (χ4n) is 2.35. The molecule has 0 amide bonds. The van der Waals surface area contributed by atoms with E-state index < -0.39 is 28.1 Å². The predicted octanol–water partition coefficient (Wildman–Crippen LogP) is 3.85. The van der Waals surface area contributed by atoms with E-state index >= 15 is 0 Å². The lowest BCUT2D eigenvalue weighted by molar-refractivity contribution is -0.385. The molecule has 0 aliphatic heterocycles. The van der Waals surface area contributed by atoms with Crippen molar-refractivity contribution in [3.05, 3.63) is 70.1 Å². The third-order valence-electron chi connectivity index (χ3n) is 3.68. The van der Waals surface area contributed by atoms with Crippen LogP contribution >= 0.6 is 0 Å². The third-order valence-corrected chi connectivity index (χ3v) is 3.68. The third kappa shape index (κ3) is 4.72. The Kier molecular flexibility index (Phi) is 5.68. The highest BCUT2D eigenvalue weighted by atomic mass is 19.1. The molecule has 0 spiro atoms. The number of ether oxygens (including phenoxy) is 1. The first kappa shape index (κ1) is 19.1. The van der Waals surface area contributed by atoms with Crippen LogP contribution in [0.2, 0.25) is 0 Å². The summed E-state index contributed by atoms with van der Waals surface area (Å²) in [5, 5.41) is 14.7. The Balaban J connectivity index is 1.54. The van der Waals surface area contributed by atoms with Gasteiger partial charge in [-0.1, -0.05) is 5.16 Å². The first-order valence-electron chi connectivity index (χ1n) is 8.15. The minimum atomic E-state index is -0.766. The van der Waals surface area contributed by atoms with Crippen molar-refractivity contribution in [2.24, 2.45) is 0 Å². The van der Waals surface area contributed by atoms with Crippen molar-refractivity contribution >= 4 is 11.7 Å². The summed E-state index contributed by atoms with van der Waals surface area (Å²) in [5.41, 5.74) is 0.0739. The van der Waals surface area contributed by atoms with E-state index in [-0.39, 0.29) is 36.8 Å². The van der Waals surface area contributed by atoms with Gasteiger partial charge in [-0.05, 0) is 36.8 Å². The zero-order valence-corrected chi connectivity index (χ0v) is 14.3. The maximum atomic E-state index is 13.2. The fraction of sp³-hybridized carbons (Fsp3) is 0.167. The molecule has 2 aromatic carbocycles. The zero-order valence-electron chi connectivity index (χ0n) is 14.3. The summed E-state index contributed by atoms with van der Waals surface area (Å²) in [5.74, 6) is -1.80. The Morgan fingerprint density at radius 3 is 2.57 bits per heavy atom. The molecule has 0 N–H and O–H groups in total. The number of benzene rings is 2. The number of nitrogens with zero attached hydrogens (tertiary/aromatic N) is 3. The van der Waals surface area contributed by atoms with Crippen molar-refractivity contribution in [3.8, 4) is 17.1 Å². The monoisotopic (exact) mass is 389 g/mol. The second kappa shape index (κ2) is 8.33. The SMILES string of the molecule is O=C(CCCc1nc(-c2ccc(F)cc2)no1)Oc1cc(F)ccc1[N+](=O)[O-]. The van der Waals surface area contributed by atoms with Gasteiger partial charge >= 0.3 is 11.7 Å². The molecule has 3 aromatic rings. The van der Waals surface area contributed by atoms with E-state index in [0.717, 1.165) is 18.2 Å². The van der Waals surface area contributed by atoms with Gasteiger partial charge in [0.2, 0.25) is 17.5 Å². The van der Waals surface area contributed by atoms with Crippen LogP contribution in [-0.4, -0.2) is 21.0 Å². The molecule has 0 aliphatic rings. The van der Waals surface area contributed by atoms with Gasteiger partial charge in [-0.15, -0.1) is 0 Å². The molecular formula is C18H13F2N3O5. The quantitative estimate of drug-likeness (QED) is 0.261. The second-order valence-electron chi connectivity index (χ2n) is 5.72. The molecule has 8 nitrogen and oxygen atoms in total. The van der Waals surface area contributed by atoms with E-state index in [1.165, 1.54) is 24.3 Å². The molecule has 1 heterocycles. The molecule has 0 saturated carbocycles. The van der Waals surface area contributed by atoms with Crippen molar-refractivity contribution < 1.29 is 27.8 Å². The number of esters is 1. The van der Waals surface area contributed by atoms with Crippen LogP contribution in [0.1, 0.15) is 18.7 Å². The average Bonchev–Trinajstić information content (AvgIpc) is 3.11. The molecule has 10 heteroatoms. The lowest BCUT2D eigenvalue weighted by Gasteiger charge is -2.04. The summed E-state index contributed by atoms with van der Waals surface area (Å²) < 4.78 is 36.1. The maximum absolute atomic E-state index is 13.2. The number of nitro groups is 1. The number of aryl methyl sites for hydroxylation is 1. The van der Waals surface area contributed by atoms with Gasteiger partial charge in [-0.3, -0.25) is 14.9 Å². The lowest BCUT2D eigenvalue weighted by atomic mass is 10.2. The van der Waals surface area contributed by atoms with Gasteiger partial charge in [0.25, 0.3) is 0 Å². The molecule has 28 heavy (non-hydrogen) atoms. The zero-order chi connectivity index (χ0) is 20.1. The van der Waals surface area contributed by atoms with Crippen molar-refractivity contribution in [3.63, 3.8) is 0 Å². The normalized spacial score (nSPS) is 10.6. The van der Waals surface area contributed by atoms with Gasteiger partial charge in [0.15, 0.2) is 0 Å². The minimum Gasteiger partial charge on any atom is -0.419 e. The van der Waals surface area contributed by atoms with Crippen molar-refractivity contribution in [1.82, 2.24) is 10.1 Å². The molecular weight excluding hydrogens is 376 g/mol. The molecule has 0 unspecified atom stereocenters. The van der Waals surface area contributed by atoms with E-state index in [9.17, 15) is 23.7 Å². The highest BCUT2D eigenvalue weighted by Gasteiger charge is 2.19. The molecule has 0 bridgehead atoms. The second-order valence-corrected chi connectivity index (χ2v) is 5.72. The summed E-state index contributed by atoms with van der Waals surface area (Å²) in [6.07, 6.45) is 0.434. The number of hydrogen-bond donors (Lipinski definition) is 0. The summed E-state index contributed by atoms with van der Waals surface area (Å²) in [6, 6.07) is 8.17. The van der Waals surface area contributed by atoms with Crippen LogP contribution in [0.25, 0.3) is 11.4 Å². The van der Waals surface area contributed by atoms with Crippen LogP contribution in [-0.2, 0) is 11.2 Å². The van der Waals surface area contributed by atoms with Gasteiger partial charge in [-0.2, -0.15) is 4.98 Å². The van der Waals surface area contributed by atoms with E-state index in [1.54, 1.807) is 0 Å². The Labute approximate surface area is 156 Å². The van der Waals surface area contributed by atoms with E-state index in [4.69, 9.17) is 9.26 Å². The van der Waals surface area contributed by atoms with Crippen LogP contribution in [0.5, 0.6) is 5.75 Å². The number of rotatable bonds is 7. The highest BCUT2D eigenvalue weighted by Crippen LogP contribution is 2.28. The Morgan fingerprint density at radius 2 is 1.86 bits per heavy atom. The smallest absolute Gasteiger partial charge is 0.311 e. The summed E-state index contributed by atoms with van der Waals surface area (Å²) in [7, 11) is 0. The molecule has 0 atom stereocenters. The van der Waals surface area contributed by atoms with Crippen LogP contribution in [0.15, 0.2) is 47.0 Å². The Morgan fingerprint density at radius 1 is 1.14 bits per heavy atom. The number of hydrogen-bond acceptors (Lipinski definition) is 7. The standard InChI is InChI=1S/C18H13F2N3O5/c19-12-6-4-11(5-7-12)18-21-16(28-22-18)2-1-3-17(24)27-15-10-13(20)8-9-14(15)23(25)26/h4-10H,1-3H2. The van der Waals surface area contributed by atoms with Crippen LogP contribution in [0, 0.1) is 21.7 Å². The number of aromatic nitrogens is 2. The number of carbonyl (C=O) groups is 1. The van der Waals surface area contributed by atoms with Crippen molar-refractivity contribution in [2.75, 3.05) is 0 Å². The van der Waals surface area contributed by atoms with E-state index in [2.05, 4.69) is 10.1 Å². The van der Waals surface area contributed by atoms with E-state index in [0.29, 0.717) is 5.56 Å². The first-order valence-corrected chi connectivity index (χ1v) is 8.15. The molecule has 0 radical (unpaired) electrons. The Bertz CT molecular complexity index is 1000. The molecule has 0 saturated heterocycles. The van der Waals surface area contributed by atoms with Crippen molar-refractivity contribution in [1.29, 1.82) is 0 Å². The number of nitro benzene ring substituents is 1. The molecule has 144 valence electrons. The van der Waals surface area contributed by atoms with Crippen LogP contribution < -0.4 is 4.74 Å². The van der Waals surface area contributed by atoms with Crippen molar-refractivity contribution in [2.45, 2.75) is 19.3 Å². The largest absolute Gasteiger partial charge is 0.419 e. The predicted molar refractivity (Wildman–Crippen MR) is 91.3 cm³/mol. The topological polar surface area (TPSA) is 108 Å². The lowest BCUT2D eigenvalue weighted by Crippen LogP contribution is -2.09. The van der Waals surface area contributed by atoms with Gasteiger partial charge in [0, 0.05) is 30.5 Å². The average molecular weight is 389 g/mol. The van der Waals surface area contributed by atoms with E-state index in [1.807, 2.05) is 0 Å². The van der Waals surface area contributed by atoms with Gasteiger partial charge in [-0.25, -0.2) is 8.78 Å². The first-order chi connectivity index (χ1) is 13.4. The number of carbonyl (C=O) groups excluding carboxylic acids is 1. The molecule has 0 aliphatic carbocycles. The fourth-order valence-corrected chi connectivity index (χ4v) is 2.35. The van der Waals surface area contributed by atoms with Crippen LogP contribution in [0.3, 0.4) is 0 Å².